The van der Waals surface area contributed by atoms with E-state index in [4.69, 9.17) is 23.2 Å². The third-order valence-electron chi connectivity index (χ3n) is 4.28. The molecule has 0 bridgehead atoms. The van der Waals surface area contributed by atoms with Crippen LogP contribution < -0.4 is 5.32 Å². The van der Waals surface area contributed by atoms with Crippen molar-refractivity contribution in [3.8, 4) is 5.82 Å². The van der Waals surface area contributed by atoms with Crippen LogP contribution in [-0.4, -0.2) is 25.9 Å². The minimum atomic E-state index is -0.468. The summed E-state index contributed by atoms with van der Waals surface area (Å²) in [6.07, 6.45) is 0.115. The summed E-state index contributed by atoms with van der Waals surface area (Å²) in [5.74, 6) is -0.308. The van der Waals surface area contributed by atoms with Crippen molar-refractivity contribution in [1.29, 1.82) is 0 Å². The summed E-state index contributed by atoms with van der Waals surface area (Å²) in [5.41, 5.74) is 1.80. The van der Waals surface area contributed by atoms with E-state index in [0.29, 0.717) is 27.9 Å². The number of fused-ring (bicyclic) bond motifs is 1. The van der Waals surface area contributed by atoms with Gasteiger partial charge in [0.05, 0.1) is 5.69 Å². The second-order valence-electron chi connectivity index (χ2n) is 5.94. The standard InChI is InChI=1S/C17H12Cl2FN5O/c1-8-16-11(10-3-2-9(18)6-12(10)20)7-15(26)21-17(16)25(24-8)14-5-4-13(19)22-23-14/h2-6,11H,7H2,1H3,(H,21,26). The lowest BCUT2D eigenvalue weighted by Gasteiger charge is -2.24. The van der Waals surface area contributed by atoms with Gasteiger partial charge < -0.3 is 5.32 Å². The molecule has 6 nitrogen and oxygen atoms in total. The zero-order valence-electron chi connectivity index (χ0n) is 13.5. The molecule has 0 saturated heterocycles. The number of hydrogen-bond acceptors (Lipinski definition) is 4. The number of carbonyl (C=O) groups is 1. The molecule has 0 spiro atoms. The highest BCUT2D eigenvalue weighted by atomic mass is 35.5. The largest absolute Gasteiger partial charge is 0.310 e. The Hall–Kier alpha value is -2.51. The van der Waals surface area contributed by atoms with Gasteiger partial charge in [-0.15, -0.1) is 10.2 Å². The van der Waals surface area contributed by atoms with E-state index in [1.807, 2.05) is 0 Å². The van der Waals surface area contributed by atoms with Gasteiger partial charge in [-0.05, 0) is 36.8 Å². The topological polar surface area (TPSA) is 72.7 Å². The lowest BCUT2D eigenvalue weighted by molar-refractivity contribution is -0.116. The van der Waals surface area contributed by atoms with Crippen molar-refractivity contribution in [2.45, 2.75) is 19.3 Å². The Morgan fingerprint density at radius 1 is 1.23 bits per heavy atom. The average molecular weight is 392 g/mol. The van der Waals surface area contributed by atoms with Gasteiger partial charge in [-0.3, -0.25) is 4.79 Å². The van der Waals surface area contributed by atoms with E-state index in [0.717, 1.165) is 5.56 Å². The van der Waals surface area contributed by atoms with Crippen molar-refractivity contribution in [3.63, 3.8) is 0 Å². The SMILES string of the molecule is Cc1nn(-c2ccc(Cl)nn2)c2c1C(c1ccc(Cl)cc1F)CC(=O)N2. The second kappa shape index (κ2) is 6.34. The van der Waals surface area contributed by atoms with E-state index in [1.165, 1.54) is 10.7 Å². The maximum Gasteiger partial charge on any atom is 0.226 e. The molecular formula is C17H12Cl2FN5O. The van der Waals surface area contributed by atoms with Crippen molar-refractivity contribution in [1.82, 2.24) is 20.0 Å². The highest BCUT2D eigenvalue weighted by Gasteiger charge is 2.34. The normalized spacial score (nSPS) is 16.3. The molecule has 9 heteroatoms. The van der Waals surface area contributed by atoms with E-state index in [1.54, 1.807) is 31.2 Å². The van der Waals surface area contributed by atoms with Gasteiger partial charge in [0, 0.05) is 22.9 Å². The van der Waals surface area contributed by atoms with Gasteiger partial charge >= 0.3 is 0 Å². The van der Waals surface area contributed by atoms with Crippen molar-refractivity contribution in [3.05, 3.63) is 63.1 Å². The molecule has 4 rings (SSSR count). The van der Waals surface area contributed by atoms with Crippen LogP contribution in [0, 0.1) is 12.7 Å². The summed E-state index contributed by atoms with van der Waals surface area (Å²) in [6, 6.07) is 7.67. The van der Waals surface area contributed by atoms with E-state index >= 15 is 0 Å². The number of aromatic nitrogens is 4. The molecule has 1 atom stereocenters. The molecule has 1 N–H and O–H groups in total. The maximum atomic E-state index is 14.5. The quantitative estimate of drug-likeness (QED) is 0.718. The fraction of sp³-hybridized carbons (Fsp3) is 0.176. The van der Waals surface area contributed by atoms with E-state index < -0.39 is 11.7 Å². The Morgan fingerprint density at radius 2 is 2.04 bits per heavy atom. The lowest BCUT2D eigenvalue weighted by Crippen LogP contribution is -2.25. The van der Waals surface area contributed by atoms with Crippen molar-refractivity contribution >= 4 is 34.9 Å². The molecule has 1 amide bonds. The molecule has 3 aromatic rings. The number of nitrogens with zero attached hydrogens (tertiary/aromatic N) is 4. The van der Waals surface area contributed by atoms with E-state index in [9.17, 15) is 9.18 Å². The lowest BCUT2D eigenvalue weighted by atomic mass is 9.85. The predicted octanol–water partition coefficient (Wildman–Crippen LogP) is 3.89. The number of hydrogen-bond donors (Lipinski definition) is 1. The first-order chi connectivity index (χ1) is 12.4. The third kappa shape index (κ3) is 2.83. The number of amides is 1. The predicted molar refractivity (Wildman–Crippen MR) is 95.4 cm³/mol. The molecule has 3 heterocycles. The third-order valence-corrected chi connectivity index (χ3v) is 4.71. The number of benzene rings is 1. The van der Waals surface area contributed by atoms with Crippen LogP contribution in [-0.2, 0) is 4.79 Å². The van der Waals surface area contributed by atoms with E-state index in [2.05, 4.69) is 20.6 Å². The van der Waals surface area contributed by atoms with Crippen LogP contribution in [0.3, 0.4) is 0 Å². The zero-order valence-corrected chi connectivity index (χ0v) is 15.0. The Kier molecular flexibility index (Phi) is 4.13. The molecule has 1 aliphatic rings. The first kappa shape index (κ1) is 16.9. The molecule has 0 radical (unpaired) electrons. The summed E-state index contributed by atoms with van der Waals surface area (Å²) in [4.78, 5) is 12.3. The Bertz CT molecular complexity index is 1020. The molecule has 0 saturated carbocycles. The molecule has 132 valence electrons. The highest BCUT2D eigenvalue weighted by molar-refractivity contribution is 6.30. The number of anilines is 1. The van der Waals surface area contributed by atoms with Gasteiger partial charge in [-0.1, -0.05) is 29.3 Å². The van der Waals surface area contributed by atoms with Crippen molar-refractivity contribution in [2.24, 2.45) is 0 Å². The van der Waals surface area contributed by atoms with Crippen LogP contribution in [0.5, 0.6) is 0 Å². The maximum absolute atomic E-state index is 14.5. The van der Waals surface area contributed by atoms with Crippen LogP contribution in [0.1, 0.15) is 29.2 Å². The molecule has 0 fully saturated rings. The Morgan fingerprint density at radius 3 is 2.73 bits per heavy atom. The first-order valence-corrected chi connectivity index (χ1v) is 8.53. The zero-order chi connectivity index (χ0) is 18.4. The molecule has 1 unspecified atom stereocenters. The van der Waals surface area contributed by atoms with Gasteiger partial charge in [0.25, 0.3) is 0 Å². The van der Waals surface area contributed by atoms with Crippen molar-refractivity contribution in [2.75, 3.05) is 5.32 Å². The second-order valence-corrected chi connectivity index (χ2v) is 6.77. The molecule has 1 aliphatic heterocycles. The number of rotatable bonds is 2. The summed E-state index contributed by atoms with van der Waals surface area (Å²) in [7, 11) is 0. The monoisotopic (exact) mass is 391 g/mol. The van der Waals surface area contributed by atoms with Crippen molar-refractivity contribution < 1.29 is 9.18 Å². The minimum Gasteiger partial charge on any atom is -0.310 e. The summed E-state index contributed by atoms with van der Waals surface area (Å²) in [6.45, 7) is 1.80. The molecule has 2 aromatic heterocycles. The van der Waals surface area contributed by atoms with Crippen LogP contribution in [0.4, 0.5) is 10.2 Å². The number of carbonyl (C=O) groups excluding carboxylic acids is 1. The number of halogens is 3. The highest BCUT2D eigenvalue weighted by Crippen LogP contribution is 2.41. The van der Waals surface area contributed by atoms with Gasteiger partial charge in [-0.2, -0.15) is 9.78 Å². The Labute approximate surface area is 157 Å². The average Bonchev–Trinajstić information content (AvgIpc) is 2.91. The summed E-state index contributed by atoms with van der Waals surface area (Å²) < 4.78 is 16.0. The smallest absolute Gasteiger partial charge is 0.226 e. The molecule has 26 heavy (non-hydrogen) atoms. The summed E-state index contributed by atoms with van der Waals surface area (Å²) in [5, 5.41) is 15.6. The Balaban J connectivity index is 1.88. The van der Waals surface area contributed by atoms with Crippen LogP contribution in [0.2, 0.25) is 10.2 Å². The van der Waals surface area contributed by atoms with E-state index in [-0.39, 0.29) is 17.5 Å². The van der Waals surface area contributed by atoms with Gasteiger partial charge in [0.2, 0.25) is 5.91 Å². The van der Waals surface area contributed by atoms with Gasteiger partial charge in [0.1, 0.15) is 11.6 Å². The first-order valence-electron chi connectivity index (χ1n) is 7.78. The fourth-order valence-electron chi connectivity index (χ4n) is 3.18. The van der Waals surface area contributed by atoms with Crippen LogP contribution in [0.15, 0.2) is 30.3 Å². The molecule has 0 aliphatic carbocycles. The van der Waals surface area contributed by atoms with Gasteiger partial charge in [-0.25, -0.2) is 4.39 Å². The number of aryl methyl sites for hydroxylation is 1. The molecule has 1 aromatic carbocycles. The molecular weight excluding hydrogens is 380 g/mol. The number of nitrogens with one attached hydrogen (secondary N) is 1. The fourth-order valence-corrected chi connectivity index (χ4v) is 3.44. The van der Waals surface area contributed by atoms with Crippen LogP contribution >= 0.6 is 23.2 Å². The minimum absolute atomic E-state index is 0.115. The van der Waals surface area contributed by atoms with Crippen LogP contribution in [0.25, 0.3) is 5.82 Å². The summed E-state index contributed by atoms with van der Waals surface area (Å²) >= 11 is 11.6. The van der Waals surface area contributed by atoms with Gasteiger partial charge in [0.15, 0.2) is 11.0 Å².